The third-order valence-electron chi connectivity index (χ3n) is 1.77. The van der Waals surface area contributed by atoms with Crippen LogP contribution in [0.15, 0.2) is 15.6 Å². The largest absolute Gasteiger partial charge is 0.274 e. The van der Waals surface area contributed by atoms with E-state index in [2.05, 4.69) is 26.5 Å². The molecule has 0 amide bonds. The second-order valence-electron chi connectivity index (χ2n) is 2.81. The first-order valence-electron chi connectivity index (χ1n) is 4.26. The Morgan fingerprint density at radius 2 is 2.00 bits per heavy atom. The van der Waals surface area contributed by atoms with Crippen molar-refractivity contribution < 1.29 is 4.39 Å². The molecular formula is C10H2BrClFN5. The molecule has 0 unspecified atom stereocenters. The minimum Gasteiger partial charge on any atom is -0.274 e. The molecule has 0 spiro atoms. The molecule has 0 atom stereocenters. The minimum absolute atomic E-state index is 0.0267. The van der Waals surface area contributed by atoms with Crippen LogP contribution in [-0.4, -0.2) is 5.71 Å². The van der Waals surface area contributed by atoms with Gasteiger partial charge in [-0.15, -0.1) is 0 Å². The van der Waals surface area contributed by atoms with E-state index in [1.54, 1.807) is 6.07 Å². The number of hydrogen-bond acceptors (Lipinski definition) is 5. The highest BCUT2D eigenvalue weighted by Crippen LogP contribution is 2.33. The number of rotatable bonds is 2. The highest BCUT2D eigenvalue weighted by atomic mass is 79.9. The molecule has 88 valence electrons. The van der Waals surface area contributed by atoms with E-state index in [4.69, 9.17) is 27.4 Å². The van der Waals surface area contributed by atoms with Gasteiger partial charge in [-0.05, 0) is 22.0 Å². The summed E-state index contributed by atoms with van der Waals surface area (Å²) in [6.07, 6.45) is 0. The lowest BCUT2D eigenvalue weighted by atomic mass is 10.2. The molecule has 0 aliphatic heterocycles. The average Bonchev–Trinajstić information content (AvgIpc) is 2.36. The lowest BCUT2D eigenvalue weighted by Gasteiger charge is -2.07. The van der Waals surface area contributed by atoms with Crippen LogP contribution in [-0.2, 0) is 0 Å². The SMILES string of the molecule is N#CC(C#N)=NNc1c(Cl)cc(Br)c(F)c1C#N. The maximum absolute atomic E-state index is 13.6. The van der Waals surface area contributed by atoms with Gasteiger partial charge in [-0.3, -0.25) is 5.43 Å². The summed E-state index contributed by atoms with van der Waals surface area (Å²) in [5.74, 6) is -0.810. The van der Waals surface area contributed by atoms with Gasteiger partial charge in [-0.2, -0.15) is 20.9 Å². The van der Waals surface area contributed by atoms with Crippen molar-refractivity contribution in [2.24, 2.45) is 5.10 Å². The molecule has 0 heterocycles. The maximum Gasteiger partial charge on any atom is 0.237 e. The van der Waals surface area contributed by atoms with Crippen molar-refractivity contribution in [2.45, 2.75) is 0 Å². The van der Waals surface area contributed by atoms with E-state index in [0.29, 0.717) is 0 Å². The van der Waals surface area contributed by atoms with Gasteiger partial charge in [0.15, 0.2) is 5.82 Å². The molecule has 1 aromatic rings. The first-order chi connectivity index (χ1) is 8.54. The van der Waals surface area contributed by atoms with Crippen molar-refractivity contribution in [1.82, 2.24) is 0 Å². The second kappa shape index (κ2) is 5.97. The Morgan fingerprint density at radius 3 is 2.50 bits per heavy atom. The first-order valence-corrected chi connectivity index (χ1v) is 5.43. The van der Waals surface area contributed by atoms with Crippen molar-refractivity contribution >= 4 is 38.9 Å². The number of anilines is 1. The van der Waals surface area contributed by atoms with Crippen molar-refractivity contribution in [1.29, 1.82) is 15.8 Å². The Kier molecular flexibility index (Phi) is 4.62. The third-order valence-corrected chi connectivity index (χ3v) is 2.65. The molecule has 0 bridgehead atoms. The second-order valence-corrected chi connectivity index (χ2v) is 4.07. The third kappa shape index (κ3) is 2.75. The molecule has 0 saturated carbocycles. The van der Waals surface area contributed by atoms with Gasteiger partial charge in [0.25, 0.3) is 0 Å². The molecule has 0 aliphatic rings. The highest BCUT2D eigenvalue weighted by molar-refractivity contribution is 9.10. The molecule has 1 N–H and O–H groups in total. The fourth-order valence-corrected chi connectivity index (χ4v) is 1.80. The number of hydrazone groups is 1. The average molecular weight is 327 g/mol. The van der Waals surface area contributed by atoms with Gasteiger partial charge >= 0.3 is 0 Å². The van der Waals surface area contributed by atoms with E-state index >= 15 is 0 Å². The van der Waals surface area contributed by atoms with E-state index in [1.165, 1.54) is 18.2 Å². The van der Waals surface area contributed by atoms with E-state index < -0.39 is 11.5 Å². The Morgan fingerprint density at radius 1 is 1.39 bits per heavy atom. The minimum atomic E-state index is -0.810. The van der Waals surface area contributed by atoms with E-state index in [-0.39, 0.29) is 20.7 Å². The zero-order valence-corrected chi connectivity index (χ0v) is 10.8. The number of halogens is 3. The summed E-state index contributed by atoms with van der Waals surface area (Å²) in [7, 11) is 0. The summed E-state index contributed by atoms with van der Waals surface area (Å²) in [6.45, 7) is 0. The van der Waals surface area contributed by atoms with Gasteiger partial charge in [0.05, 0.1) is 15.2 Å². The quantitative estimate of drug-likeness (QED) is 0.513. The lowest BCUT2D eigenvalue weighted by molar-refractivity contribution is 0.618. The maximum atomic E-state index is 13.6. The molecule has 5 nitrogen and oxygen atoms in total. The summed E-state index contributed by atoms with van der Waals surface area (Å²) >= 11 is 8.71. The van der Waals surface area contributed by atoms with Crippen LogP contribution in [0.4, 0.5) is 10.1 Å². The number of benzene rings is 1. The van der Waals surface area contributed by atoms with Crippen LogP contribution in [0.25, 0.3) is 0 Å². The monoisotopic (exact) mass is 325 g/mol. The molecule has 8 heteroatoms. The van der Waals surface area contributed by atoms with Crippen LogP contribution < -0.4 is 5.43 Å². The van der Waals surface area contributed by atoms with Gasteiger partial charge in [0.2, 0.25) is 5.71 Å². The zero-order valence-electron chi connectivity index (χ0n) is 8.50. The predicted octanol–water partition coefficient (Wildman–Crippen LogP) is 2.93. The fraction of sp³-hybridized carbons (Fsp3) is 0. The smallest absolute Gasteiger partial charge is 0.237 e. The number of nitrogens with zero attached hydrogens (tertiary/aromatic N) is 4. The molecule has 0 radical (unpaired) electrons. The topological polar surface area (TPSA) is 95.8 Å². The van der Waals surface area contributed by atoms with E-state index in [0.717, 1.165) is 0 Å². The van der Waals surface area contributed by atoms with Crippen LogP contribution in [0.3, 0.4) is 0 Å². The molecule has 1 rings (SSSR count). The molecular weight excluding hydrogens is 325 g/mol. The molecule has 18 heavy (non-hydrogen) atoms. The number of hydrogen-bond donors (Lipinski definition) is 1. The normalized spacial score (nSPS) is 8.67. The molecule has 0 aliphatic carbocycles. The van der Waals surface area contributed by atoms with Crippen molar-refractivity contribution in [3.05, 3.63) is 26.9 Å². The Bertz CT molecular complexity index is 634. The van der Waals surface area contributed by atoms with Gasteiger partial charge < -0.3 is 0 Å². The van der Waals surface area contributed by atoms with Crippen molar-refractivity contribution in [3.63, 3.8) is 0 Å². The standard InChI is InChI=1S/C10H2BrClFN5/c11-7-1-8(12)10(6(4-16)9(7)13)18-17-5(2-14)3-15/h1,18H. The van der Waals surface area contributed by atoms with Crippen molar-refractivity contribution in [3.8, 4) is 18.2 Å². The lowest BCUT2D eigenvalue weighted by Crippen LogP contribution is -2.01. The summed E-state index contributed by atoms with van der Waals surface area (Å²) in [5, 5.41) is 29.2. The first kappa shape index (κ1) is 13.9. The van der Waals surface area contributed by atoms with Gasteiger partial charge in [0, 0.05) is 0 Å². The van der Waals surface area contributed by atoms with Gasteiger partial charge in [-0.25, -0.2) is 4.39 Å². The molecule has 0 saturated heterocycles. The van der Waals surface area contributed by atoms with E-state index in [9.17, 15) is 4.39 Å². The molecule has 0 aromatic heterocycles. The number of nitrogens with one attached hydrogen (secondary N) is 1. The zero-order chi connectivity index (χ0) is 13.7. The van der Waals surface area contributed by atoms with Crippen molar-refractivity contribution in [2.75, 3.05) is 5.43 Å². The Hall–Kier alpha value is -2.14. The van der Waals surface area contributed by atoms with Crippen LogP contribution in [0.1, 0.15) is 5.56 Å². The van der Waals surface area contributed by atoms with Crippen LogP contribution in [0.2, 0.25) is 5.02 Å². The predicted molar refractivity (Wildman–Crippen MR) is 66.1 cm³/mol. The Balaban J connectivity index is 3.32. The summed E-state index contributed by atoms with van der Waals surface area (Å²) in [4.78, 5) is 0. The highest BCUT2D eigenvalue weighted by Gasteiger charge is 2.16. The van der Waals surface area contributed by atoms with E-state index in [1.807, 2.05) is 0 Å². The Labute approximate surface area is 115 Å². The van der Waals surface area contributed by atoms with Gasteiger partial charge in [-0.1, -0.05) is 11.6 Å². The van der Waals surface area contributed by atoms with Crippen LogP contribution in [0.5, 0.6) is 0 Å². The summed E-state index contributed by atoms with van der Waals surface area (Å²) in [6, 6.07) is 5.85. The summed E-state index contributed by atoms with van der Waals surface area (Å²) < 4.78 is 13.6. The fourth-order valence-electron chi connectivity index (χ4n) is 0.996. The molecule has 0 fully saturated rings. The summed E-state index contributed by atoms with van der Waals surface area (Å²) in [5.41, 5.74) is 1.28. The number of nitriles is 3. The van der Waals surface area contributed by atoms with Crippen LogP contribution >= 0.6 is 27.5 Å². The van der Waals surface area contributed by atoms with Crippen LogP contribution in [0, 0.1) is 39.8 Å². The van der Waals surface area contributed by atoms with Gasteiger partial charge in [0.1, 0.15) is 23.8 Å². The molecule has 1 aromatic carbocycles.